The van der Waals surface area contributed by atoms with E-state index in [-0.39, 0.29) is 12.0 Å². The molecule has 0 spiro atoms. The summed E-state index contributed by atoms with van der Waals surface area (Å²) in [6.07, 6.45) is 5.29. The summed E-state index contributed by atoms with van der Waals surface area (Å²) in [4.78, 5) is 14.1. The number of carbonyl (C=O) groups excluding carboxylic acids is 1. The second kappa shape index (κ2) is 5.81. The number of likely N-dealkylation sites (tertiary alicyclic amines) is 1. The van der Waals surface area contributed by atoms with E-state index in [2.05, 4.69) is 22.0 Å². The Morgan fingerprint density at radius 2 is 2.24 bits per heavy atom. The summed E-state index contributed by atoms with van der Waals surface area (Å²) in [6.45, 7) is 4.25. The zero-order valence-corrected chi connectivity index (χ0v) is 12.5. The zero-order valence-electron chi connectivity index (χ0n) is 12.5. The lowest BCUT2D eigenvalue weighted by molar-refractivity contribution is 0.0600. The molecule has 0 saturated carbocycles. The number of esters is 1. The van der Waals surface area contributed by atoms with E-state index in [1.807, 2.05) is 10.5 Å². The molecule has 3 heterocycles. The Balaban J connectivity index is 2.03. The molecule has 1 unspecified atom stereocenters. The maximum absolute atomic E-state index is 11.7. The van der Waals surface area contributed by atoms with Gasteiger partial charge in [-0.2, -0.15) is 0 Å². The molecule has 0 aromatic carbocycles. The van der Waals surface area contributed by atoms with Crippen LogP contribution in [0.2, 0.25) is 0 Å². The standard InChI is InChI=1S/C15H20N4O2/c1-3-18-9-5-4-6-12(18)14-17-16-13-8-7-11(10-19(13)14)15(20)21-2/h7-8,10,12H,3-6,9H2,1-2H3. The van der Waals surface area contributed by atoms with Crippen molar-refractivity contribution in [2.75, 3.05) is 20.2 Å². The molecule has 6 nitrogen and oxygen atoms in total. The van der Waals surface area contributed by atoms with Gasteiger partial charge in [-0.25, -0.2) is 4.79 Å². The van der Waals surface area contributed by atoms with Crippen molar-refractivity contribution in [3.8, 4) is 0 Å². The molecule has 1 saturated heterocycles. The second-order valence-corrected chi connectivity index (χ2v) is 5.34. The topological polar surface area (TPSA) is 59.7 Å². The maximum atomic E-state index is 11.7. The Hall–Kier alpha value is -1.95. The number of hydrogen-bond donors (Lipinski definition) is 0. The number of piperidine rings is 1. The van der Waals surface area contributed by atoms with E-state index < -0.39 is 0 Å². The van der Waals surface area contributed by atoms with E-state index >= 15 is 0 Å². The van der Waals surface area contributed by atoms with Crippen molar-refractivity contribution >= 4 is 11.6 Å². The number of rotatable bonds is 3. The highest BCUT2D eigenvalue weighted by atomic mass is 16.5. The molecule has 0 N–H and O–H groups in total. The van der Waals surface area contributed by atoms with Crippen LogP contribution in [0.25, 0.3) is 5.65 Å². The highest BCUT2D eigenvalue weighted by Crippen LogP contribution is 2.29. The van der Waals surface area contributed by atoms with Crippen molar-refractivity contribution in [1.82, 2.24) is 19.5 Å². The van der Waals surface area contributed by atoms with Crippen LogP contribution in [-0.4, -0.2) is 45.7 Å². The van der Waals surface area contributed by atoms with Gasteiger partial charge in [-0.1, -0.05) is 13.3 Å². The van der Waals surface area contributed by atoms with Crippen LogP contribution in [0.5, 0.6) is 0 Å². The summed E-state index contributed by atoms with van der Waals surface area (Å²) in [5.41, 5.74) is 1.28. The fraction of sp³-hybridized carbons (Fsp3) is 0.533. The second-order valence-electron chi connectivity index (χ2n) is 5.34. The molecule has 0 amide bonds. The zero-order chi connectivity index (χ0) is 14.8. The molecule has 2 aromatic heterocycles. The fourth-order valence-electron chi connectivity index (χ4n) is 3.04. The van der Waals surface area contributed by atoms with Gasteiger partial charge < -0.3 is 4.74 Å². The molecule has 0 bridgehead atoms. The monoisotopic (exact) mass is 288 g/mol. The van der Waals surface area contributed by atoms with E-state index in [9.17, 15) is 4.79 Å². The van der Waals surface area contributed by atoms with Crippen molar-refractivity contribution in [1.29, 1.82) is 0 Å². The van der Waals surface area contributed by atoms with Gasteiger partial charge >= 0.3 is 5.97 Å². The van der Waals surface area contributed by atoms with Crippen molar-refractivity contribution in [3.05, 3.63) is 29.7 Å². The normalized spacial score (nSPS) is 19.8. The average molecular weight is 288 g/mol. The van der Waals surface area contributed by atoms with E-state index in [0.29, 0.717) is 5.56 Å². The van der Waals surface area contributed by atoms with Gasteiger partial charge in [0, 0.05) is 6.20 Å². The number of nitrogens with zero attached hydrogens (tertiary/aromatic N) is 4. The number of hydrogen-bond acceptors (Lipinski definition) is 5. The van der Waals surface area contributed by atoms with Crippen molar-refractivity contribution < 1.29 is 9.53 Å². The highest BCUT2D eigenvalue weighted by Gasteiger charge is 2.27. The quantitative estimate of drug-likeness (QED) is 0.809. The lowest BCUT2D eigenvalue weighted by atomic mass is 10.0. The van der Waals surface area contributed by atoms with Crippen LogP contribution in [0.3, 0.4) is 0 Å². The summed E-state index contributed by atoms with van der Waals surface area (Å²) in [6, 6.07) is 3.80. The Bertz CT molecular complexity index is 652. The Kier molecular flexibility index (Phi) is 3.88. The summed E-state index contributed by atoms with van der Waals surface area (Å²) in [7, 11) is 1.39. The molecular weight excluding hydrogens is 268 g/mol. The van der Waals surface area contributed by atoms with Crippen LogP contribution >= 0.6 is 0 Å². The van der Waals surface area contributed by atoms with Gasteiger partial charge in [0.15, 0.2) is 11.5 Å². The molecule has 0 aliphatic carbocycles. The first-order chi connectivity index (χ1) is 10.2. The SMILES string of the molecule is CCN1CCCCC1c1nnc2ccc(C(=O)OC)cn12. The van der Waals surface area contributed by atoms with E-state index in [4.69, 9.17) is 4.74 Å². The number of ether oxygens (including phenoxy) is 1. The molecule has 1 atom stereocenters. The molecule has 2 aromatic rings. The summed E-state index contributed by atoms with van der Waals surface area (Å²) < 4.78 is 6.71. The molecule has 21 heavy (non-hydrogen) atoms. The molecule has 1 aliphatic heterocycles. The number of aromatic nitrogens is 3. The lowest BCUT2D eigenvalue weighted by Crippen LogP contribution is -2.34. The van der Waals surface area contributed by atoms with Crippen LogP contribution < -0.4 is 0 Å². The third kappa shape index (κ3) is 2.51. The van der Waals surface area contributed by atoms with Gasteiger partial charge in [-0.15, -0.1) is 10.2 Å². The van der Waals surface area contributed by atoms with Crippen LogP contribution in [0.4, 0.5) is 0 Å². The van der Waals surface area contributed by atoms with Crippen molar-refractivity contribution in [2.24, 2.45) is 0 Å². The number of methoxy groups -OCH3 is 1. The number of pyridine rings is 1. The molecule has 6 heteroatoms. The molecule has 1 aliphatic rings. The molecule has 1 fully saturated rings. The molecule has 0 radical (unpaired) electrons. The maximum Gasteiger partial charge on any atom is 0.339 e. The Morgan fingerprint density at radius 3 is 3.00 bits per heavy atom. The van der Waals surface area contributed by atoms with E-state index in [1.165, 1.54) is 20.0 Å². The minimum Gasteiger partial charge on any atom is -0.465 e. The molecule has 3 rings (SSSR count). The lowest BCUT2D eigenvalue weighted by Gasteiger charge is -2.33. The third-order valence-electron chi connectivity index (χ3n) is 4.17. The van der Waals surface area contributed by atoms with E-state index in [1.54, 1.807) is 12.3 Å². The van der Waals surface area contributed by atoms with Crippen LogP contribution in [0.1, 0.15) is 48.4 Å². The minimum atomic E-state index is -0.340. The summed E-state index contributed by atoms with van der Waals surface area (Å²) in [5, 5.41) is 8.59. The highest BCUT2D eigenvalue weighted by molar-refractivity contribution is 5.89. The van der Waals surface area contributed by atoms with Crippen LogP contribution in [0, 0.1) is 0 Å². The van der Waals surface area contributed by atoms with Gasteiger partial charge in [0.2, 0.25) is 0 Å². The first-order valence-electron chi connectivity index (χ1n) is 7.41. The first-order valence-corrected chi connectivity index (χ1v) is 7.41. The Labute approximate surface area is 123 Å². The largest absolute Gasteiger partial charge is 0.465 e. The number of fused-ring (bicyclic) bond motifs is 1. The van der Waals surface area contributed by atoms with Gasteiger partial charge in [0.25, 0.3) is 0 Å². The minimum absolute atomic E-state index is 0.270. The van der Waals surface area contributed by atoms with Crippen molar-refractivity contribution in [3.63, 3.8) is 0 Å². The van der Waals surface area contributed by atoms with Gasteiger partial charge in [0.1, 0.15) is 0 Å². The Morgan fingerprint density at radius 1 is 1.38 bits per heavy atom. The van der Waals surface area contributed by atoms with Crippen LogP contribution in [-0.2, 0) is 4.74 Å². The first kappa shape index (κ1) is 14.0. The summed E-state index contributed by atoms with van der Waals surface area (Å²) >= 11 is 0. The van der Waals surface area contributed by atoms with Crippen LogP contribution in [0.15, 0.2) is 18.3 Å². The smallest absolute Gasteiger partial charge is 0.339 e. The third-order valence-corrected chi connectivity index (χ3v) is 4.17. The molecular formula is C15H20N4O2. The van der Waals surface area contributed by atoms with Crippen molar-refractivity contribution in [2.45, 2.75) is 32.2 Å². The van der Waals surface area contributed by atoms with Gasteiger partial charge in [-0.05, 0) is 38.1 Å². The van der Waals surface area contributed by atoms with Gasteiger partial charge in [-0.3, -0.25) is 9.30 Å². The molecule has 112 valence electrons. The van der Waals surface area contributed by atoms with E-state index in [0.717, 1.165) is 31.0 Å². The predicted molar refractivity (Wildman–Crippen MR) is 78.2 cm³/mol. The predicted octanol–water partition coefficient (Wildman–Crippen LogP) is 2.06. The summed E-state index contributed by atoms with van der Waals surface area (Å²) in [5.74, 6) is 0.574. The number of carbonyl (C=O) groups is 1. The fourth-order valence-corrected chi connectivity index (χ4v) is 3.04. The van der Waals surface area contributed by atoms with Gasteiger partial charge in [0.05, 0.1) is 18.7 Å². The average Bonchev–Trinajstić information content (AvgIpc) is 2.96.